The SMILES string of the molecule is CC1(C)O[C@@H]2[C@@H](O1)C(c1ccccc1)(c1ccccc1)OP(OCc1ccccc1-c1cccc(C/C(C3=N[C@@H](c4ccccc4)CO3)=C3/N[C@@H](c4ccccc4)CO3)c1)OC2(c1ccccc1)c1ccccc1. The Morgan fingerprint density at radius 1 is 0.554 bits per heavy atom. The minimum absolute atomic E-state index is 0.00278. The molecule has 0 saturated carbocycles. The minimum atomic E-state index is -2.21. The number of aliphatic imine (C=N–C) groups is 1. The molecule has 4 heterocycles. The molecule has 0 bridgehead atoms. The zero-order chi connectivity index (χ0) is 50.0. The fourth-order valence-electron chi connectivity index (χ4n) is 10.9. The highest BCUT2D eigenvalue weighted by atomic mass is 31.2. The van der Waals surface area contributed by atoms with Gasteiger partial charge in [-0.15, -0.1) is 0 Å². The van der Waals surface area contributed by atoms with Crippen molar-refractivity contribution in [3.05, 3.63) is 286 Å². The van der Waals surface area contributed by atoms with E-state index < -0.39 is 37.8 Å². The number of hydrogen-bond acceptors (Lipinski definition) is 9. The Balaban J connectivity index is 0.917. The van der Waals surface area contributed by atoms with Crippen molar-refractivity contribution in [1.29, 1.82) is 0 Å². The molecular formula is C64H57N2O7P. The predicted octanol–water partition coefficient (Wildman–Crippen LogP) is 13.8. The molecule has 0 radical (unpaired) electrons. The van der Waals surface area contributed by atoms with Gasteiger partial charge in [-0.1, -0.05) is 231 Å². The van der Waals surface area contributed by atoms with Gasteiger partial charge in [-0.3, -0.25) is 9.05 Å². The number of nitrogens with one attached hydrogen (secondary N) is 1. The van der Waals surface area contributed by atoms with Crippen molar-refractivity contribution in [3.63, 3.8) is 0 Å². The maximum absolute atomic E-state index is 7.65. The molecule has 3 saturated heterocycles. The van der Waals surface area contributed by atoms with Crippen LogP contribution in [0.3, 0.4) is 0 Å². The number of benzene rings is 8. The fourth-order valence-corrected chi connectivity index (χ4v) is 12.4. The summed E-state index contributed by atoms with van der Waals surface area (Å²) in [6.07, 6.45) is -0.908. The second kappa shape index (κ2) is 20.6. The van der Waals surface area contributed by atoms with Crippen molar-refractivity contribution in [2.75, 3.05) is 13.2 Å². The van der Waals surface area contributed by atoms with Crippen LogP contribution in [-0.4, -0.2) is 37.1 Å². The van der Waals surface area contributed by atoms with Crippen LogP contribution in [-0.2, 0) is 56.7 Å². The lowest BCUT2D eigenvalue weighted by Crippen LogP contribution is -2.53. The predicted molar refractivity (Wildman–Crippen MR) is 288 cm³/mol. The topological polar surface area (TPSA) is 89.0 Å². The van der Waals surface area contributed by atoms with Gasteiger partial charge in [0, 0.05) is 6.42 Å². The molecule has 4 aliphatic rings. The van der Waals surface area contributed by atoms with Gasteiger partial charge in [-0.25, -0.2) is 4.99 Å². The van der Waals surface area contributed by atoms with Crippen LogP contribution in [0.2, 0.25) is 0 Å². The second-order valence-corrected chi connectivity index (χ2v) is 20.6. The summed E-state index contributed by atoms with van der Waals surface area (Å²) in [5.41, 5.74) is 8.32. The molecule has 3 fully saturated rings. The maximum atomic E-state index is 7.65. The molecule has 1 N–H and O–H groups in total. The van der Waals surface area contributed by atoms with Gasteiger partial charge in [0.15, 0.2) is 22.9 Å². The maximum Gasteiger partial charge on any atom is 0.335 e. The van der Waals surface area contributed by atoms with Crippen molar-refractivity contribution < 1.29 is 32.5 Å². The third-order valence-electron chi connectivity index (χ3n) is 14.4. The van der Waals surface area contributed by atoms with Crippen LogP contribution in [0.25, 0.3) is 11.1 Å². The molecule has 0 aliphatic carbocycles. The number of hydrogen-bond donors (Lipinski definition) is 1. The van der Waals surface area contributed by atoms with E-state index in [1.807, 2.05) is 117 Å². The first-order chi connectivity index (χ1) is 36.4. The van der Waals surface area contributed by atoms with Gasteiger partial charge in [-0.05, 0) is 69.5 Å². The molecule has 0 aromatic heterocycles. The van der Waals surface area contributed by atoms with Crippen molar-refractivity contribution in [2.45, 2.75) is 68.2 Å². The van der Waals surface area contributed by atoms with E-state index in [-0.39, 0.29) is 18.7 Å². The largest absolute Gasteiger partial charge is 0.476 e. The van der Waals surface area contributed by atoms with Crippen LogP contribution >= 0.6 is 8.60 Å². The molecule has 4 atom stereocenters. The molecular weight excluding hydrogens is 940 g/mol. The highest BCUT2D eigenvalue weighted by Crippen LogP contribution is 2.65. The lowest BCUT2D eigenvalue weighted by Gasteiger charge is -2.41. The van der Waals surface area contributed by atoms with Crippen LogP contribution in [0.1, 0.15) is 70.4 Å². The summed E-state index contributed by atoms with van der Waals surface area (Å²) in [5.74, 6) is 0.265. The van der Waals surface area contributed by atoms with Gasteiger partial charge in [0.05, 0.1) is 18.2 Å². The Kier molecular flexibility index (Phi) is 13.3. The average molecular weight is 997 g/mol. The van der Waals surface area contributed by atoms with E-state index in [2.05, 4.69) is 133 Å². The minimum Gasteiger partial charge on any atom is -0.476 e. The molecule has 10 heteroatoms. The Hall–Kier alpha value is -7.20. The summed E-state index contributed by atoms with van der Waals surface area (Å²) in [5, 5.41) is 3.68. The molecule has 0 unspecified atom stereocenters. The van der Waals surface area contributed by atoms with Crippen LogP contribution in [0.4, 0.5) is 0 Å². The normalized spacial score (nSPS) is 22.3. The number of nitrogens with zero attached hydrogens (tertiary/aromatic N) is 1. The van der Waals surface area contributed by atoms with E-state index in [1.54, 1.807) is 0 Å². The Morgan fingerprint density at radius 2 is 1.05 bits per heavy atom. The van der Waals surface area contributed by atoms with Crippen LogP contribution in [0.5, 0.6) is 0 Å². The molecule has 9 nitrogen and oxygen atoms in total. The number of rotatable bonds is 13. The molecule has 8 aromatic carbocycles. The van der Waals surface area contributed by atoms with E-state index in [4.69, 9.17) is 37.5 Å². The van der Waals surface area contributed by atoms with Gasteiger partial charge in [0.2, 0.25) is 5.90 Å². The third kappa shape index (κ3) is 9.26. The van der Waals surface area contributed by atoms with Gasteiger partial charge in [0.25, 0.3) is 0 Å². The van der Waals surface area contributed by atoms with Gasteiger partial charge < -0.3 is 28.8 Å². The fraction of sp³-hybridized carbons (Fsp3) is 0.203. The summed E-state index contributed by atoms with van der Waals surface area (Å²) in [6.45, 7) is 5.05. The smallest absolute Gasteiger partial charge is 0.335 e. The lowest BCUT2D eigenvalue weighted by molar-refractivity contribution is -0.176. The monoisotopic (exact) mass is 996 g/mol. The molecule has 4 aliphatic heterocycles. The molecule has 370 valence electrons. The van der Waals surface area contributed by atoms with Crippen molar-refractivity contribution in [2.24, 2.45) is 4.99 Å². The van der Waals surface area contributed by atoms with Crippen molar-refractivity contribution in [3.8, 4) is 11.1 Å². The van der Waals surface area contributed by atoms with Crippen LogP contribution < -0.4 is 5.32 Å². The van der Waals surface area contributed by atoms with Gasteiger partial charge in [-0.2, -0.15) is 0 Å². The van der Waals surface area contributed by atoms with Crippen molar-refractivity contribution >= 4 is 14.5 Å². The summed E-state index contributed by atoms with van der Waals surface area (Å²) >= 11 is 0. The van der Waals surface area contributed by atoms with Gasteiger partial charge in [0.1, 0.15) is 31.5 Å². The third-order valence-corrected chi connectivity index (χ3v) is 15.6. The van der Waals surface area contributed by atoms with E-state index in [9.17, 15) is 0 Å². The zero-order valence-electron chi connectivity index (χ0n) is 41.3. The highest BCUT2D eigenvalue weighted by molar-refractivity contribution is 7.41. The lowest BCUT2D eigenvalue weighted by atomic mass is 9.72. The summed E-state index contributed by atoms with van der Waals surface area (Å²) < 4.78 is 49.8. The molecule has 12 rings (SSSR count). The van der Waals surface area contributed by atoms with E-state index in [0.717, 1.165) is 61.2 Å². The first kappa shape index (κ1) is 47.8. The number of ether oxygens (including phenoxy) is 4. The van der Waals surface area contributed by atoms with Gasteiger partial charge >= 0.3 is 8.60 Å². The first-order valence-electron chi connectivity index (χ1n) is 25.4. The van der Waals surface area contributed by atoms with E-state index >= 15 is 0 Å². The average Bonchev–Trinajstić information content (AvgIpc) is 4.24. The Morgan fingerprint density at radius 3 is 1.61 bits per heavy atom. The molecule has 0 spiro atoms. The molecule has 8 aromatic rings. The Bertz CT molecular complexity index is 3070. The Labute approximate surface area is 434 Å². The summed E-state index contributed by atoms with van der Waals surface area (Å²) in [6, 6.07) is 78.7. The first-order valence-corrected chi connectivity index (χ1v) is 26.5. The second-order valence-electron chi connectivity index (χ2n) is 19.5. The number of fused-ring (bicyclic) bond motifs is 1. The standard InChI is InChI=1S/C64H57N2O7P/c1-62(2)70-58-59(71-62)64(52-35-17-7-18-36-52,53-37-19-8-20-38-53)73-74(72-63(58,50-31-13-5-14-32-50)51-33-15-6-16-34-51)69-42-49-29-21-22-39-54(49)48-30-23-24-45(40-48)41-55(60-65-56(43-67-60)46-25-9-3-10-26-46)61-66-57(44-68-61)47-27-11-4-12-28-47/h3-40,56-59,65H,41-44H2,1-2H3/b60-55+/t56-,57-,58-,59-/m1/s1. The molecule has 74 heavy (non-hydrogen) atoms. The highest BCUT2D eigenvalue weighted by Gasteiger charge is 2.67. The van der Waals surface area contributed by atoms with Crippen molar-refractivity contribution in [1.82, 2.24) is 5.32 Å². The summed E-state index contributed by atoms with van der Waals surface area (Å²) in [4.78, 5) is 5.15. The quantitative estimate of drug-likeness (QED) is 0.114. The summed E-state index contributed by atoms with van der Waals surface area (Å²) in [7, 11) is -2.21. The van der Waals surface area contributed by atoms with Crippen LogP contribution in [0, 0.1) is 0 Å². The van der Waals surface area contributed by atoms with Crippen LogP contribution in [0.15, 0.2) is 247 Å². The van der Waals surface area contributed by atoms with E-state index in [1.165, 1.54) is 0 Å². The van der Waals surface area contributed by atoms with E-state index in [0.29, 0.717) is 31.4 Å². The molecule has 0 amide bonds. The zero-order valence-corrected chi connectivity index (χ0v) is 42.2.